The van der Waals surface area contributed by atoms with Crippen molar-refractivity contribution in [3.8, 4) is 0 Å². The van der Waals surface area contributed by atoms with Gasteiger partial charge in [0.2, 0.25) is 10.0 Å². The number of carbonyl (C=O) groups is 1. The molecule has 0 saturated carbocycles. The molecule has 0 radical (unpaired) electrons. The number of carbonyl (C=O) groups excluding carboxylic acids is 1. The van der Waals surface area contributed by atoms with E-state index in [4.69, 9.17) is 5.21 Å². The summed E-state index contributed by atoms with van der Waals surface area (Å²) >= 11 is 0. The van der Waals surface area contributed by atoms with E-state index in [-0.39, 0.29) is 11.4 Å². The highest BCUT2D eigenvalue weighted by Gasteiger charge is 2.12. The van der Waals surface area contributed by atoms with E-state index in [0.29, 0.717) is 5.56 Å². The van der Waals surface area contributed by atoms with Crippen molar-refractivity contribution in [3.05, 3.63) is 77.9 Å². The number of nitrogens with one attached hydrogen (secondary N) is 2. The largest absolute Gasteiger partial charge is 0.288 e. The minimum absolute atomic E-state index is 0.0900. The first-order valence-corrected chi connectivity index (χ1v) is 8.93. The topological polar surface area (TPSA) is 95.5 Å². The van der Waals surface area contributed by atoms with E-state index < -0.39 is 15.9 Å². The van der Waals surface area contributed by atoms with Gasteiger partial charge in [-0.3, -0.25) is 10.0 Å². The first-order valence-electron chi connectivity index (χ1n) is 7.45. The van der Waals surface area contributed by atoms with Crippen molar-refractivity contribution in [2.24, 2.45) is 0 Å². The minimum atomic E-state index is -3.67. The van der Waals surface area contributed by atoms with Crippen LogP contribution in [-0.2, 0) is 14.8 Å². The zero-order chi connectivity index (χ0) is 18.1. The molecule has 0 unspecified atom stereocenters. The molecule has 0 atom stereocenters. The van der Waals surface area contributed by atoms with Crippen LogP contribution in [0.2, 0.25) is 0 Å². The third-order valence-corrected chi connectivity index (χ3v) is 4.63. The summed E-state index contributed by atoms with van der Waals surface area (Å²) in [5.41, 5.74) is 2.97. The van der Waals surface area contributed by atoms with Gasteiger partial charge in [0.25, 0.3) is 5.91 Å². The molecule has 1 amide bonds. The number of hydrogen-bond donors (Lipinski definition) is 3. The molecule has 7 heteroatoms. The van der Waals surface area contributed by atoms with Gasteiger partial charge < -0.3 is 0 Å². The van der Waals surface area contributed by atoms with Gasteiger partial charge in [0.15, 0.2) is 0 Å². The zero-order valence-corrected chi connectivity index (χ0v) is 14.1. The van der Waals surface area contributed by atoms with E-state index in [1.807, 2.05) is 36.4 Å². The monoisotopic (exact) mass is 358 g/mol. The van der Waals surface area contributed by atoms with Crippen molar-refractivity contribution in [2.45, 2.75) is 4.90 Å². The quantitative estimate of drug-likeness (QED) is 0.402. The summed E-state index contributed by atoms with van der Waals surface area (Å²) in [6.07, 6.45) is 6.05. The zero-order valence-electron chi connectivity index (χ0n) is 13.3. The van der Waals surface area contributed by atoms with Crippen molar-refractivity contribution in [2.75, 3.05) is 6.54 Å². The van der Waals surface area contributed by atoms with Gasteiger partial charge in [0.1, 0.15) is 0 Å². The van der Waals surface area contributed by atoms with Crippen LogP contribution in [0, 0.1) is 0 Å². The van der Waals surface area contributed by atoms with Crippen LogP contribution in [0.25, 0.3) is 12.2 Å². The third kappa shape index (κ3) is 6.00. The second kappa shape index (κ2) is 8.93. The van der Waals surface area contributed by atoms with Crippen molar-refractivity contribution < 1.29 is 18.4 Å². The van der Waals surface area contributed by atoms with Crippen LogP contribution in [-0.4, -0.2) is 26.1 Å². The number of hydrogen-bond acceptors (Lipinski definition) is 4. The molecule has 0 aliphatic carbocycles. The highest BCUT2D eigenvalue weighted by Crippen LogP contribution is 2.12. The van der Waals surface area contributed by atoms with Crippen LogP contribution < -0.4 is 10.2 Å². The van der Waals surface area contributed by atoms with Crippen LogP contribution in [0.15, 0.2) is 71.6 Å². The first kappa shape index (κ1) is 18.6. The van der Waals surface area contributed by atoms with E-state index >= 15 is 0 Å². The van der Waals surface area contributed by atoms with E-state index in [2.05, 4.69) is 4.72 Å². The fourth-order valence-electron chi connectivity index (χ4n) is 1.99. The summed E-state index contributed by atoms with van der Waals surface area (Å²) in [5, 5.41) is 8.44. The molecule has 0 heterocycles. The third-order valence-electron chi connectivity index (χ3n) is 3.21. The maximum Gasteiger partial charge on any atom is 0.267 e. The van der Waals surface area contributed by atoms with Crippen LogP contribution in [0.5, 0.6) is 0 Å². The molecule has 0 bridgehead atoms. The summed E-state index contributed by atoms with van der Waals surface area (Å²) in [6.45, 7) is 0.157. The summed E-state index contributed by atoms with van der Waals surface area (Å²) in [5.74, 6) is -0.697. The lowest BCUT2D eigenvalue weighted by Crippen LogP contribution is -2.23. The number of rotatable bonds is 7. The van der Waals surface area contributed by atoms with E-state index in [1.54, 1.807) is 18.2 Å². The number of amides is 1. The molecular weight excluding hydrogens is 340 g/mol. The average Bonchev–Trinajstić information content (AvgIpc) is 2.64. The molecule has 0 aliphatic heterocycles. The number of hydroxylamine groups is 1. The van der Waals surface area contributed by atoms with E-state index in [1.165, 1.54) is 23.7 Å². The summed E-state index contributed by atoms with van der Waals surface area (Å²) in [4.78, 5) is 11.1. The SMILES string of the molecule is O=C(C=Cc1cccc(S(=O)(=O)NCC=Cc2ccccc2)c1)NO. The lowest BCUT2D eigenvalue weighted by molar-refractivity contribution is -0.124. The molecule has 0 aromatic heterocycles. The molecule has 3 N–H and O–H groups in total. The standard InChI is InChI=1S/C18H18N2O4S/c21-18(20-22)12-11-16-8-4-10-17(14-16)25(23,24)19-13-5-9-15-6-2-1-3-7-15/h1-12,14,19,22H,13H2,(H,20,21). The molecule has 2 rings (SSSR count). The average molecular weight is 358 g/mol. The minimum Gasteiger partial charge on any atom is -0.288 e. The van der Waals surface area contributed by atoms with Gasteiger partial charge in [-0.1, -0.05) is 54.6 Å². The second-order valence-corrected chi connectivity index (χ2v) is 6.81. The highest BCUT2D eigenvalue weighted by molar-refractivity contribution is 7.89. The Labute approximate surface area is 146 Å². The predicted molar refractivity (Wildman–Crippen MR) is 96.1 cm³/mol. The molecule has 6 nitrogen and oxygen atoms in total. The van der Waals surface area contributed by atoms with Crippen molar-refractivity contribution in [3.63, 3.8) is 0 Å². The molecule has 0 spiro atoms. The Morgan fingerprint density at radius 3 is 2.44 bits per heavy atom. The van der Waals surface area contributed by atoms with Gasteiger partial charge in [-0.15, -0.1) is 0 Å². The molecular formula is C18H18N2O4S. The van der Waals surface area contributed by atoms with Gasteiger partial charge in [-0.2, -0.15) is 0 Å². The van der Waals surface area contributed by atoms with Crippen molar-refractivity contribution in [1.82, 2.24) is 10.2 Å². The first-order chi connectivity index (χ1) is 12.0. The Morgan fingerprint density at radius 2 is 1.72 bits per heavy atom. The second-order valence-electron chi connectivity index (χ2n) is 5.05. The Balaban J connectivity index is 2.03. The fraction of sp³-hybridized carbons (Fsp3) is 0.0556. The van der Waals surface area contributed by atoms with Crippen LogP contribution >= 0.6 is 0 Å². The van der Waals surface area contributed by atoms with Crippen LogP contribution in [0.4, 0.5) is 0 Å². The highest BCUT2D eigenvalue weighted by atomic mass is 32.2. The number of benzene rings is 2. The van der Waals surface area contributed by atoms with Crippen molar-refractivity contribution in [1.29, 1.82) is 0 Å². The Hall–Kier alpha value is -2.74. The van der Waals surface area contributed by atoms with E-state index in [0.717, 1.165) is 11.6 Å². The van der Waals surface area contributed by atoms with Gasteiger partial charge in [0, 0.05) is 12.6 Å². The lowest BCUT2D eigenvalue weighted by Gasteiger charge is -2.05. The molecule has 25 heavy (non-hydrogen) atoms. The Bertz CT molecular complexity index is 875. The molecule has 130 valence electrons. The van der Waals surface area contributed by atoms with Gasteiger partial charge in [-0.05, 0) is 29.3 Å². The Kier molecular flexibility index (Phi) is 6.64. The van der Waals surface area contributed by atoms with Crippen LogP contribution in [0.1, 0.15) is 11.1 Å². The Morgan fingerprint density at radius 1 is 1.00 bits per heavy atom. The molecule has 0 fully saturated rings. The summed E-state index contributed by atoms with van der Waals surface area (Å²) in [6, 6.07) is 15.7. The summed E-state index contributed by atoms with van der Waals surface area (Å²) in [7, 11) is -3.67. The maximum absolute atomic E-state index is 12.3. The molecule has 2 aromatic rings. The lowest BCUT2D eigenvalue weighted by atomic mass is 10.2. The number of sulfonamides is 1. The van der Waals surface area contributed by atoms with Crippen molar-refractivity contribution >= 4 is 28.1 Å². The molecule has 0 saturated heterocycles. The van der Waals surface area contributed by atoms with Gasteiger partial charge in [0.05, 0.1) is 4.90 Å². The molecule has 2 aromatic carbocycles. The fourth-order valence-corrected chi connectivity index (χ4v) is 3.03. The summed E-state index contributed by atoms with van der Waals surface area (Å²) < 4.78 is 27.1. The van der Waals surface area contributed by atoms with Gasteiger partial charge >= 0.3 is 0 Å². The van der Waals surface area contributed by atoms with E-state index in [9.17, 15) is 13.2 Å². The normalized spacial score (nSPS) is 11.9. The predicted octanol–water partition coefficient (Wildman–Crippen LogP) is 2.20. The molecule has 0 aliphatic rings. The smallest absolute Gasteiger partial charge is 0.267 e. The van der Waals surface area contributed by atoms with Crippen LogP contribution in [0.3, 0.4) is 0 Å². The maximum atomic E-state index is 12.3. The van der Waals surface area contributed by atoms with Gasteiger partial charge in [-0.25, -0.2) is 18.6 Å².